The third-order valence-electron chi connectivity index (χ3n) is 4.04. The number of rotatable bonds is 6. The van der Waals surface area contributed by atoms with Crippen molar-refractivity contribution in [2.75, 3.05) is 25.8 Å². The van der Waals surface area contributed by atoms with Gasteiger partial charge in [0.05, 0.1) is 19.9 Å². The summed E-state index contributed by atoms with van der Waals surface area (Å²) < 4.78 is 16.1. The Morgan fingerprint density at radius 1 is 1.17 bits per heavy atom. The molecule has 1 heterocycles. The maximum absolute atomic E-state index is 12.8. The first kappa shape index (κ1) is 20.4. The Balaban J connectivity index is 2.00. The minimum absolute atomic E-state index is 0.0862. The van der Waals surface area contributed by atoms with E-state index in [1.807, 2.05) is 0 Å². The van der Waals surface area contributed by atoms with E-state index in [0.29, 0.717) is 21.5 Å². The zero-order chi connectivity index (χ0) is 21.0. The first-order valence-electron chi connectivity index (χ1n) is 8.44. The lowest BCUT2D eigenvalue weighted by molar-refractivity contribution is -0.143. The molecule has 2 aromatic rings. The third kappa shape index (κ3) is 4.40. The summed E-state index contributed by atoms with van der Waals surface area (Å²) in [6.45, 7) is -0.360. The minimum atomic E-state index is -0.585. The summed E-state index contributed by atoms with van der Waals surface area (Å²) >= 11 is 3.36. The molecule has 0 spiro atoms. The monoisotopic (exact) mass is 460 g/mol. The van der Waals surface area contributed by atoms with E-state index in [1.165, 1.54) is 25.3 Å². The summed E-state index contributed by atoms with van der Waals surface area (Å²) in [6.07, 6.45) is 1.39. The maximum Gasteiger partial charge on any atom is 0.343 e. The van der Waals surface area contributed by atoms with Gasteiger partial charge in [0, 0.05) is 10.0 Å². The lowest BCUT2D eigenvalue weighted by Gasteiger charge is -2.14. The van der Waals surface area contributed by atoms with Gasteiger partial charge in [-0.05, 0) is 30.3 Å². The average Bonchev–Trinajstić information content (AvgIpc) is 3.01. The number of anilines is 1. The lowest BCUT2D eigenvalue weighted by Crippen LogP contribution is -2.35. The predicted molar refractivity (Wildman–Crippen MR) is 108 cm³/mol. The van der Waals surface area contributed by atoms with Gasteiger partial charge >= 0.3 is 5.97 Å². The molecule has 150 valence electrons. The number of hydrogen-bond donors (Lipinski definition) is 1. The van der Waals surface area contributed by atoms with Crippen LogP contribution in [-0.2, 0) is 19.1 Å². The van der Waals surface area contributed by atoms with E-state index in [0.717, 1.165) is 0 Å². The Kier molecular flexibility index (Phi) is 6.18. The van der Waals surface area contributed by atoms with Crippen LogP contribution in [0.2, 0.25) is 0 Å². The second-order valence-corrected chi connectivity index (χ2v) is 6.78. The van der Waals surface area contributed by atoms with Gasteiger partial charge < -0.3 is 14.2 Å². The van der Waals surface area contributed by atoms with Crippen molar-refractivity contribution in [1.82, 2.24) is 5.43 Å². The molecule has 0 bridgehead atoms. The number of para-hydroxylation sites is 1. The molecular weight excluding hydrogens is 444 g/mol. The van der Waals surface area contributed by atoms with Crippen molar-refractivity contribution in [1.29, 1.82) is 0 Å². The first-order valence-corrected chi connectivity index (χ1v) is 9.23. The number of methoxy groups -OCH3 is 2. The van der Waals surface area contributed by atoms with Gasteiger partial charge in [0.1, 0.15) is 5.57 Å². The smallest absolute Gasteiger partial charge is 0.343 e. The zero-order valence-electron chi connectivity index (χ0n) is 15.6. The highest BCUT2D eigenvalue weighted by atomic mass is 79.9. The third-order valence-corrected chi connectivity index (χ3v) is 4.49. The molecule has 0 radical (unpaired) electrons. The van der Waals surface area contributed by atoms with E-state index >= 15 is 0 Å². The van der Waals surface area contributed by atoms with Crippen LogP contribution in [0, 0.1) is 0 Å². The van der Waals surface area contributed by atoms with Crippen LogP contribution in [0.4, 0.5) is 5.69 Å². The number of esters is 1. The molecule has 2 amide bonds. The van der Waals surface area contributed by atoms with E-state index in [1.54, 1.807) is 42.5 Å². The van der Waals surface area contributed by atoms with Crippen molar-refractivity contribution in [3.8, 4) is 11.5 Å². The summed E-state index contributed by atoms with van der Waals surface area (Å²) in [5, 5.41) is 1.17. The van der Waals surface area contributed by atoms with Crippen LogP contribution in [-0.4, -0.2) is 38.6 Å². The lowest BCUT2D eigenvalue weighted by atomic mass is 10.1. The zero-order valence-corrected chi connectivity index (χ0v) is 17.2. The number of amides is 2. The Morgan fingerprint density at radius 3 is 2.55 bits per heavy atom. The van der Waals surface area contributed by atoms with Crippen LogP contribution in [0.5, 0.6) is 11.5 Å². The number of carbonyl (C=O) groups is 3. The average molecular weight is 461 g/mol. The SMILES string of the molecule is COC(=O)COc1c(C=C2C(=O)NN(c3ccccc3)C2=O)cc(Br)cc1OC. The number of ether oxygens (including phenoxy) is 3. The van der Waals surface area contributed by atoms with Gasteiger partial charge in [-0.1, -0.05) is 34.1 Å². The molecule has 1 aliphatic rings. The molecule has 8 nitrogen and oxygen atoms in total. The fourth-order valence-corrected chi connectivity index (χ4v) is 3.12. The first-order chi connectivity index (χ1) is 13.9. The van der Waals surface area contributed by atoms with E-state index in [4.69, 9.17) is 9.47 Å². The summed E-state index contributed by atoms with van der Waals surface area (Å²) in [5.41, 5.74) is 3.36. The Labute approximate surface area is 175 Å². The van der Waals surface area contributed by atoms with Gasteiger partial charge in [0.2, 0.25) is 0 Å². The van der Waals surface area contributed by atoms with Crippen LogP contribution >= 0.6 is 15.9 Å². The van der Waals surface area contributed by atoms with Crippen LogP contribution < -0.4 is 19.9 Å². The minimum Gasteiger partial charge on any atom is -0.493 e. The largest absolute Gasteiger partial charge is 0.493 e. The van der Waals surface area contributed by atoms with E-state index in [-0.39, 0.29) is 17.9 Å². The highest BCUT2D eigenvalue weighted by Gasteiger charge is 2.34. The molecule has 1 N–H and O–H groups in total. The van der Waals surface area contributed by atoms with Crippen LogP contribution in [0.25, 0.3) is 6.08 Å². The molecule has 29 heavy (non-hydrogen) atoms. The molecule has 1 saturated heterocycles. The number of benzene rings is 2. The van der Waals surface area contributed by atoms with Gasteiger partial charge in [0.15, 0.2) is 18.1 Å². The number of carbonyl (C=O) groups excluding carboxylic acids is 3. The highest BCUT2D eigenvalue weighted by molar-refractivity contribution is 9.10. The summed E-state index contributed by atoms with van der Waals surface area (Å²) in [5.74, 6) is -1.14. The second-order valence-electron chi connectivity index (χ2n) is 5.87. The van der Waals surface area contributed by atoms with Crippen molar-refractivity contribution < 1.29 is 28.6 Å². The molecule has 2 aromatic carbocycles. The topological polar surface area (TPSA) is 94.2 Å². The Bertz CT molecular complexity index is 990. The number of hydrazine groups is 1. The van der Waals surface area contributed by atoms with E-state index < -0.39 is 17.8 Å². The quantitative estimate of drug-likeness (QED) is 0.404. The van der Waals surface area contributed by atoms with E-state index in [9.17, 15) is 14.4 Å². The van der Waals surface area contributed by atoms with Gasteiger partial charge in [-0.3, -0.25) is 15.0 Å². The predicted octanol–water partition coefficient (Wildman–Crippen LogP) is 2.47. The molecular formula is C20H17BrN2O6. The van der Waals surface area contributed by atoms with Crippen molar-refractivity contribution >= 4 is 45.5 Å². The van der Waals surface area contributed by atoms with Crippen molar-refractivity contribution in [2.24, 2.45) is 0 Å². The molecule has 0 aliphatic carbocycles. The summed E-state index contributed by atoms with van der Waals surface area (Å²) in [6, 6.07) is 12.0. The molecule has 0 atom stereocenters. The second kappa shape index (κ2) is 8.78. The Morgan fingerprint density at radius 2 is 1.90 bits per heavy atom. The van der Waals surface area contributed by atoms with Crippen molar-refractivity contribution in [3.05, 3.63) is 58.1 Å². The molecule has 3 rings (SSSR count). The van der Waals surface area contributed by atoms with Crippen molar-refractivity contribution in [2.45, 2.75) is 0 Å². The number of hydrogen-bond acceptors (Lipinski definition) is 6. The highest BCUT2D eigenvalue weighted by Crippen LogP contribution is 2.37. The molecule has 0 aromatic heterocycles. The van der Waals surface area contributed by atoms with Gasteiger partial charge in [-0.2, -0.15) is 0 Å². The van der Waals surface area contributed by atoms with Crippen LogP contribution in [0.15, 0.2) is 52.5 Å². The van der Waals surface area contributed by atoms with E-state index in [2.05, 4.69) is 26.1 Å². The molecule has 9 heteroatoms. The molecule has 1 aliphatic heterocycles. The molecule has 0 unspecified atom stereocenters. The molecule has 1 fully saturated rings. The van der Waals surface area contributed by atoms with Gasteiger partial charge in [-0.25, -0.2) is 9.80 Å². The number of nitrogens with zero attached hydrogens (tertiary/aromatic N) is 1. The van der Waals surface area contributed by atoms with Crippen molar-refractivity contribution in [3.63, 3.8) is 0 Å². The standard InChI is InChI=1S/C20H17BrN2O6/c1-27-16-10-13(21)8-12(18(16)29-11-17(24)28-2)9-15-19(25)22-23(20(15)26)14-6-4-3-5-7-14/h3-10H,11H2,1-2H3,(H,22,25). The van der Waals surface area contributed by atoms with Crippen LogP contribution in [0.1, 0.15) is 5.56 Å². The summed E-state index contributed by atoms with van der Waals surface area (Å²) in [4.78, 5) is 36.7. The maximum atomic E-state index is 12.8. The fraction of sp³-hybridized carbons (Fsp3) is 0.150. The summed E-state index contributed by atoms with van der Waals surface area (Å²) in [7, 11) is 2.68. The van der Waals surface area contributed by atoms with Crippen LogP contribution in [0.3, 0.4) is 0 Å². The van der Waals surface area contributed by atoms with Gasteiger partial charge in [0.25, 0.3) is 11.8 Å². The van der Waals surface area contributed by atoms with Gasteiger partial charge in [-0.15, -0.1) is 0 Å². The fourth-order valence-electron chi connectivity index (χ4n) is 2.66. The Hall–Kier alpha value is -3.33. The number of halogens is 1. The normalized spacial score (nSPS) is 14.7. The molecule has 0 saturated carbocycles. The number of nitrogens with one attached hydrogen (secondary N) is 1.